The molecule has 1 aliphatic carbocycles. The van der Waals surface area contributed by atoms with Crippen molar-refractivity contribution in [3.05, 3.63) is 58.7 Å². The number of rotatable bonds is 8. The van der Waals surface area contributed by atoms with E-state index in [4.69, 9.17) is 9.47 Å². The molecule has 7 nitrogen and oxygen atoms in total. The Labute approximate surface area is 216 Å². The number of carbonyl (C=O) groups excluding carboxylic acids is 2. The monoisotopic (exact) mass is 537 g/mol. The number of ether oxygens (including phenoxy) is 2. The molecule has 0 heterocycles. The first-order valence-corrected chi connectivity index (χ1v) is 13.6. The highest BCUT2D eigenvalue weighted by Crippen LogP contribution is 2.36. The summed E-state index contributed by atoms with van der Waals surface area (Å²) in [6.45, 7) is 6.82. The van der Waals surface area contributed by atoms with Crippen molar-refractivity contribution in [2.24, 2.45) is 0 Å². The first kappa shape index (κ1) is 28.7. The number of halogens is 2. The average molecular weight is 538 g/mol. The van der Waals surface area contributed by atoms with Crippen molar-refractivity contribution in [2.75, 3.05) is 6.61 Å². The zero-order valence-electron chi connectivity index (χ0n) is 21.7. The Bertz CT molecular complexity index is 1280. The predicted molar refractivity (Wildman–Crippen MR) is 134 cm³/mol. The van der Waals surface area contributed by atoms with Gasteiger partial charge < -0.3 is 9.47 Å². The third-order valence-electron chi connectivity index (χ3n) is 5.91. The van der Waals surface area contributed by atoms with E-state index in [1.807, 2.05) is 0 Å². The third-order valence-corrected chi connectivity index (χ3v) is 7.36. The van der Waals surface area contributed by atoms with E-state index in [0.717, 1.165) is 30.2 Å². The molecule has 0 saturated heterocycles. The number of hydrogen-bond acceptors (Lipinski definition) is 6. The number of esters is 1. The SMILES string of the molecule is CC(=O)c1cc(C(C)(F)F)cc(S(=O)(=O)NC2CCCCc3c(OCC(=O)OC(C)(C)C)cccc32)c1. The lowest BCUT2D eigenvalue weighted by atomic mass is 9.99. The molecule has 0 saturated carbocycles. The maximum absolute atomic E-state index is 14.1. The summed E-state index contributed by atoms with van der Waals surface area (Å²) in [6, 6.07) is 7.57. The molecular formula is C27H33F2NO6S. The molecule has 2 aromatic carbocycles. The van der Waals surface area contributed by atoms with E-state index in [1.54, 1.807) is 39.0 Å². The maximum atomic E-state index is 14.1. The summed E-state index contributed by atoms with van der Waals surface area (Å²) < 4.78 is 68.5. The molecule has 0 aromatic heterocycles. The minimum atomic E-state index is -4.27. The van der Waals surface area contributed by atoms with Gasteiger partial charge in [0.15, 0.2) is 12.4 Å². The quantitative estimate of drug-likeness (QED) is 0.273. The van der Waals surface area contributed by atoms with Crippen molar-refractivity contribution in [3.63, 3.8) is 0 Å². The van der Waals surface area contributed by atoms with E-state index < -0.39 is 49.8 Å². The fourth-order valence-electron chi connectivity index (χ4n) is 4.21. The lowest BCUT2D eigenvalue weighted by Gasteiger charge is -2.22. The summed E-state index contributed by atoms with van der Waals surface area (Å²) in [5.41, 5.74) is 0.137. The van der Waals surface area contributed by atoms with Gasteiger partial charge in [-0.15, -0.1) is 0 Å². The van der Waals surface area contributed by atoms with Gasteiger partial charge in [-0.1, -0.05) is 18.6 Å². The lowest BCUT2D eigenvalue weighted by molar-refractivity contribution is -0.157. The number of ketones is 1. The van der Waals surface area contributed by atoms with Crippen LogP contribution in [0.15, 0.2) is 41.3 Å². The molecule has 0 aliphatic heterocycles. The van der Waals surface area contributed by atoms with Gasteiger partial charge in [0.05, 0.1) is 4.90 Å². The minimum absolute atomic E-state index is 0.113. The fraction of sp³-hybridized carbons (Fsp3) is 0.481. The number of carbonyl (C=O) groups is 2. The molecule has 0 bridgehead atoms. The Balaban J connectivity index is 1.92. The van der Waals surface area contributed by atoms with Crippen LogP contribution in [-0.2, 0) is 31.9 Å². The molecular weight excluding hydrogens is 504 g/mol. The second kappa shape index (κ2) is 10.9. The van der Waals surface area contributed by atoms with Crippen molar-refractivity contribution < 1.29 is 36.3 Å². The van der Waals surface area contributed by atoms with Crippen LogP contribution in [0, 0.1) is 0 Å². The molecule has 1 unspecified atom stereocenters. The molecule has 202 valence electrons. The Kier molecular flexibility index (Phi) is 8.44. The lowest BCUT2D eigenvalue weighted by Crippen LogP contribution is -2.30. The number of nitrogens with one attached hydrogen (secondary N) is 1. The first-order valence-electron chi connectivity index (χ1n) is 12.1. The summed E-state index contributed by atoms with van der Waals surface area (Å²) in [7, 11) is -4.27. The van der Waals surface area contributed by atoms with E-state index in [-0.39, 0.29) is 12.2 Å². The van der Waals surface area contributed by atoms with E-state index in [0.29, 0.717) is 37.5 Å². The van der Waals surface area contributed by atoms with Gasteiger partial charge in [0.1, 0.15) is 11.4 Å². The molecule has 37 heavy (non-hydrogen) atoms. The van der Waals surface area contributed by atoms with Crippen molar-refractivity contribution in [1.29, 1.82) is 0 Å². The topological polar surface area (TPSA) is 98.8 Å². The summed E-state index contributed by atoms with van der Waals surface area (Å²) in [5, 5.41) is 0. The van der Waals surface area contributed by atoms with Crippen molar-refractivity contribution >= 4 is 21.8 Å². The summed E-state index contributed by atoms with van der Waals surface area (Å²) >= 11 is 0. The zero-order chi connectivity index (χ0) is 27.6. The number of benzene rings is 2. The van der Waals surface area contributed by atoms with Gasteiger partial charge in [0.2, 0.25) is 10.0 Å². The van der Waals surface area contributed by atoms with Gasteiger partial charge >= 0.3 is 5.97 Å². The standard InChI is InChI=1S/C27H33F2NO6S/c1-17(31)18-13-19(27(5,28)29)15-20(14-18)37(33,34)30-23-11-7-6-9-22-21(23)10-8-12-24(22)35-16-25(32)36-26(2,3)4/h8,10,12-15,23,30H,6-7,9,11,16H2,1-5H3. The van der Waals surface area contributed by atoms with Gasteiger partial charge in [0.25, 0.3) is 5.92 Å². The number of fused-ring (bicyclic) bond motifs is 1. The third kappa shape index (κ3) is 7.58. The molecule has 1 aliphatic rings. The molecule has 2 aromatic rings. The molecule has 0 fully saturated rings. The molecule has 10 heteroatoms. The fourth-order valence-corrected chi connectivity index (χ4v) is 5.53. The number of sulfonamides is 1. The smallest absolute Gasteiger partial charge is 0.344 e. The Morgan fingerprint density at radius 2 is 1.78 bits per heavy atom. The highest BCUT2D eigenvalue weighted by Gasteiger charge is 2.31. The first-order chi connectivity index (χ1) is 17.1. The van der Waals surface area contributed by atoms with Crippen LogP contribution in [0.2, 0.25) is 0 Å². The van der Waals surface area contributed by atoms with Crippen LogP contribution in [0.25, 0.3) is 0 Å². The second-order valence-electron chi connectivity index (χ2n) is 10.3. The Hall–Kier alpha value is -2.85. The maximum Gasteiger partial charge on any atom is 0.344 e. The van der Waals surface area contributed by atoms with Crippen molar-refractivity contribution in [1.82, 2.24) is 4.72 Å². The number of alkyl halides is 2. The van der Waals surface area contributed by atoms with Crippen molar-refractivity contribution in [3.8, 4) is 5.75 Å². The van der Waals surface area contributed by atoms with Gasteiger partial charge in [-0.3, -0.25) is 4.79 Å². The van der Waals surface area contributed by atoms with Gasteiger partial charge in [-0.2, -0.15) is 0 Å². The highest BCUT2D eigenvalue weighted by molar-refractivity contribution is 7.89. The van der Waals surface area contributed by atoms with E-state index in [1.165, 1.54) is 6.92 Å². The van der Waals surface area contributed by atoms with Crippen LogP contribution >= 0.6 is 0 Å². The number of hydrogen-bond donors (Lipinski definition) is 1. The van der Waals surface area contributed by atoms with E-state index in [2.05, 4.69) is 4.72 Å². The van der Waals surface area contributed by atoms with Crippen LogP contribution in [0.4, 0.5) is 8.78 Å². The summed E-state index contributed by atoms with van der Waals surface area (Å²) in [4.78, 5) is 23.7. The van der Waals surface area contributed by atoms with E-state index >= 15 is 0 Å². The van der Waals surface area contributed by atoms with Crippen LogP contribution in [0.3, 0.4) is 0 Å². The van der Waals surface area contributed by atoms with Gasteiger partial charge in [-0.25, -0.2) is 26.7 Å². The summed E-state index contributed by atoms with van der Waals surface area (Å²) in [6.07, 6.45) is 2.57. The van der Waals surface area contributed by atoms with Crippen LogP contribution in [0.1, 0.15) is 87.0 Å². The molecule has 3 rings (SSSR count). The largest absolute Gasteiger partial charge is 0.482 e. The minimum Gasteiger partial charge on any atom is -0.482 e. The second-order valence-corrected chi connectivity index (χ2v) is 12.0. The molecule has 0 radical (unpaired) electrons. The molecule has 1 atom stereocenters. The number of Topliss-reactive ketones (excluding diaryl/α,β-unsaturated/α-hetero) is 1. The predicted octanol–water partition coefficient (Wildman–Crippen LogP) is 5.47. The molecule has 0 spiro atoms. The average Bonchev–Trinajstić information content (AvgIpc) is 2.98. The highest BCUT2D eigenvalue weighted by atomic mass is 32.2. The van der Waals surface area contributed by atoms with Crippen LogP contribution in [0.5, 0.6) is 5.75 Å². The normalized spacial score (nSPS) is 16.5. The Morgan fingerprint density at radius 3 is 2.41 bits per heavy atom. The van der Waals surface area contributed by atoms with E-state index in [9.17, 15) is 26.8 Å². The van der Waals surface area contributed by atoms with Crippen LogP contribution < -0.4 is 9.46 Å². The van der Waals surface area contributed by atoms with Crippen molar-refractivity contribution in [2.45, 2.75) is 82.8 Å². The zero-order valence-corrected chi connectivity index (χ0v) is 22.5. The Morgan fingerprint density at radius 1 is 1.08 bits per heavy atom. The van der Waals surface area contributed by atoms with Gasteiger partial charge in [0, 0.05) is 24.1 Å². The molecule has 1 N–H and O–H groups in total. The van der Waals surface area contributed by atoms with Gasteiger partial charge in [-0.05, 0) is 82.3 Å². The van der Waals surface area contributed by atoms with Crippen LogP contribution in [-0.4, -0.2) is 32.4 Å². The molecule has 0 amide bonds. The summed E-state index contributed by atoms with van der Waals surface area (Å²) in [5.74, 6) is -3.91.